The van der Waals surface area contributed by atoms with Gasteiger partial charge in [-0.15, -0.1) is 0 Å². The number of H-pyrrole nitrogens is 1. The molecule has 7 nitrogen and oxygen atoms in total. The summed E-state index contributed by atoms with van der Waals surface area (Å²) in [6.45, 7) is -0.0734. The van der Waals surface area contributed by atoms with Crippen LogP contribution >= 0.6 is 0 Å². The van der Waals surface area contributed by atoms with Crippen LogP contribution < -0.4 is 5.32 Å². The molecule has 1 aromatic heterocycles. The van der Waals surface area contributed by atoms with E-state index in [0.29, 0.717) is 5.56 Å². The maximum atomic E-state index is 15.3. The Morgan fingerprint density at radius 3 is 2.41 bits per heavy atom. The number of nitrogens with one attached hydrogen (secondary N) is 2. The third kappa shape index (κ3) is 7.01. The van der Waals surface area contributed by atoms with Gasteiger partial charge in [-0.2, -0.15) is 13.2 Å². The van der Waals surface area contributed by atoms with Crippen LogP contribution in [0.15, 0.2) is 42.5 Å². The predicted molar refractivity (Wildman–Crippen MR) is 127 cm³/mol. The molecule has 210 valence electrons. The minimum atomic E-state index is -4.86. The number of benzene rings is 2. The van der Waals surface area contributed by atoms with Crippen LogP contribution in [0.4, 0.5) is 31.1 Å². The fraction of sp³-hybridized carbons (Fsp3) is 0.423. The van der Waals surface area contributed by atoms with Crippen molar-refractivity contribution < 1.29 is 45.8 Å². The van der Waals surface area contributed by atoms with Gasteiger partial charge in [-0.3, -0.25) is 4.79 Å². The fourth-order valence-electron chi connectivity index (χ4n) is 4.75. The van der Waals surface area contributed by atoms with Crippen LogP contribution in [-0.4, -0.2) is 39.2 Å². The van der Waals surface area contributed by atoms with Gasteiger partial charge in [0.25, 0.3) is 0 Å². The Morgan fingerprint density at radius 2 is 1.79 bits per heavy atom. The molecule has 1 aliphatic rings. The van der Waals surface area contributed by atoms with Crippen molar-refractivity contribution in [3.63, 3.8) is 0 Å². The molecular formula is C26H25F6N3O4. The van der Waals surface area contributed by atoms with E-state index in [1.54, 1.807) is 30.3 Å². The SMILES string of the molecule is O=C(NC(c1nc2c(F)c(C(CC(F)(F)F)C(=O)O)ccc2[nH]1)C1CCC(F)(F)CC1)OCc1ccccc1. The number of aromatic amines is 1. The number of rotatable bonds is 8. The van der Waals surface area contributed by atoms with Crippen molar-refractivity contribution in [2.45, 2.75) is 62.8 Å². The monoisotopic (exact) mass is 557 g/mol. The Morgan fingerprint density at radius 1 is 1.13 bits per heavy atom. The van der Waals surface area contributed by atoms with Gasteiger partial charge in [-0.25, -0.2) is 22.9 Å². The molecule has 0 spiro atoms. The molecule has 1 amide bonds. The summed E-state index contributed by atoms with van der Waals surface area (Å²) in [6, 6.07) is 9.87. The van der Waals surface area contributed by atoms with Crippen LogP contribution in [-0.2, 0) is 16.1 Å². The maximum absolute atomic E-state index is 15.3. The normalized spacial score (nSPS) is 17.5. The van der Waals surface area contributed by atoms with E-state index >= 15 is 4.39 Å². The van der Waals surface area contributed by atoms with Gasteiger partial charge in [0.05, 0.1) is 23.9 Å². The van der Waals surface area contributed by atoms with Crippen LogP contribution in [0.1, 0.15) is 61.0 Å². The zero-order chi connectivity index (χ0) is 28.4. The minimum absolute atomic E-state index is 0.00802. The Balaban J connectivity index is 1.63. The van der Waals surface area contributed by atoms with Gasteiger partial charge >= 0.3 is 18.2 Å². The van der Waals surface area contributed by atoms with Gasteiger partial charge in [0.1, 0.15) is 17.9 Å². The number of ether oxygens (including phenoxy) is 1. The number of carboxylic acid groups (broad SMARTS) is 1. The lowest BCUT2D eigenvalue weighted by Crippen LogP contribution is -2.38. The van der Waals surface area contributed by atoms with Crippen LogP contribution in [0.2, 0.25) is 0 Å². The van der Waals surface area contributed by atoms with Gasteiger partial charge in [0.2, 0.25) is 5.92 Å². The third-order valence-electron chi connectivity index (χ3n) is 6.76. The van der Waals surface area contributed by atoms with Crippen LogP contribution in [0, 0.1) is 11.7 Å². The van der Waals surface area contributed by atoms with E-state index in [-0.39, 0.29) is 30.8 Å². The highest BCUT2D eigenvalue weighted by molar-refractivity contribution is 5.82. The van der Waals surface area contributed by atoms with Crippen molar-refractivity contribution in [1.82, 2.24) is 15.3 Å². The number of hydrogen-bond acceptors (Lipinski definition) is 4. The molecule has 0 bridgehead atoms. The summed E-state index contributed by atoms with van der Waals surface area (Å²) in [5.41, 5.74) is -0.393. The molecule has 3 aromatic rings. The van der Waals surface area contributed by atoms with E-state index in [1.165, 1.54) is 6.07 Å². The van der Waals surface area contributed by atoms with E-state index in [1.807, 2.05) is 0 Å². The Labute approximate surface area is 218 Å². The number of amides is 1. The Kier molecular flexibility index (Phi) is 8.07. The summed E-state index contributed by atoms with van der Waals surface area (Å²) >= 11 is 0. The van der Waals surface area contributed by atoms with Crippen molar-refractivity contribution in [2.75, 3.05) is 0 Å². The highest BCUT2D eigenvalue weighted by Gasteiger charge is 2.41. The molecule has 1 heterocycles. The van der Waals surface area contributed by atoms with Crippen molar-refractivity contribution in [3.8, 4) is 0 Å². The first kappa shape index (κ1) is 28.2. The summed E-state index contributed by atoms with van der Waals surface area (Å²) in [5, 5.41) is 11.9. The van der Waals surface area contributed by atoms with Crippen LogP contribution in [0.3, 0.4) is 0 Å². The van der Waals surface area contributed by atoms with Crippen LogP contribution in [0.5, 0.6) is 0 Å². The summed E-state index contributed by atoms with van der Waals surface area (Å²) in [7, 11) is 0. The molecule has 0 saturated heterocycles. The lowest BCUT2D eigenvalue weighted by molar-refractivity contribution is -0.157. The molecule has 3 N–H and O–H groups in total. The molecule has 2 atom stereocenters. The molecule has 2 unspecified atom stereocenters. The standard InChI is InChI=1S/C26H25F6N3O4/c27-19-16(17(23(36)37)12-26(30,31)32)6-7-18-21(19)34-22(33-18)20(15-8-10-25(28,29)11-9-15)35-24(38)39-13-14-4-2-1-3-5-14/h1-7,15,17,20H,8-13H2,(H,33,34)(H,35,38)(H,36,37). The largest absolute Gasteiger partial charge is 0.481 e. The number of alkyl carbamates (subject to hydrolysis) is 1. The van der Waals surface area contributed by atoms with Crippen molar-refractivity contribution in [1.29, 1.82) is 0 Å². The number of carbonyl (C=O) groups is 2. The minimum Gasteiger partial charge on any atom is -0.481 e. The molecule has 1 aliphatic carbocycles. The molecule has 1 saturated carbocycles. The number of aromatic nitrogens is 2. The second-order valence-corrected chi connectivity index (χ2v) is 9.57. The van der Waals surface area contributed by atoms with Crippen molar-refractivity contribution >= 4 is 23.1 Å². The lowest BCUT2D eigenvalue weighted by Gasteiger charge is -2.33. The molecular weight excluding hydrogens is 532 g/mol. The first-order chi connectivity index (χ1) is 18.3. The molecule has 1 fully saturated rings. The first-order valence-electron chi connectivity index (χ1n) is 12.2. The van der Waals surface area contributed by atoms with Gasteiger partial charge in [-0.05, 0) is 30.4 Å². The number of imidazole rings is 1. The average molecular weight is 557 g/mol. The highest BCUT2D eigenvalue weighted by Crippen LogP contribution is 2.42. The third-order valence-corrected chi connectivity index (χ3v) is 6.76. The molecule has 2 aromatic carbocycles. The topological polar surface area (TPSA) is 104 Å². The molecule has 13 heteroatoms. The van der Waals surface area contributed by atoms with Gasteiger partial charge in [0.15, 0.2) is 5.82 Å². The summed E-state index contributed by atoms with van der Waals surface area (Å²) in [5.74, 6) is -8.73. The maximum Gasteiger partial charge on any atom is 0.408 e. The Hall–Kier alpha value is -3.77. The van der Waals surface area contributed by atoms with Crippen molar-refractivity contribution in [3.05, 3.63) is 65.2 Å². The predicted octanol–water partition coefficient (Wildman–Crippen LogP) is 6.62. The van der Waals surface area contributed by atoms with E-state index in [4.69, 9.17) is 4.74 Å². The number of carbonyl (C=O) groups excluding carboxylic acids is 1. The number of nitrogens with zero attached hydrogens (tertiary/aromatic N) is 1. The fourth-order valence-corrected chi connectivity index (χ4v) is 4.75. The first-order valence-corrected chi connectivity index (χ1v) is 12.2. The number of halogens is 6. The number of aliphatic carboxylic acids is 1. The summed E-state index contributed by atoms with van der Waals surface area (Å²) in [4.78, 5) is 31.1. The number of fused-ring (bicyclic) bond motifs is 1. The van der Waals surface area contributed by atoms with E-state index < -0.39 is 78.2 Å². The quantitative estimate of drug-likeness (QED) is 0.270. The molecule has 0 radical (unpaired) electrons. The van der Waals surface area contributed by atoms with Crippen molar-refractivity contribution in [2.24, 2.45) is 5.92 Å². The van der Waals surface area contributed by atoms with Gasteiger partial charge in [-0.1, -0.05) is 36.4 Å². The second-order valence-electron chi connectivity index (χ2n) is 9.57. The van der Waals surface area contributed by atoms with E-state index in [9.17, 15) is 36.6 Å². The average Bonchev–Trinajstić information content (AvgIpc) is 3.30. The molecule has 4 rings (SSSR count). The van der Waals surface area contributed by atoms with Gasteiger partial charge < -0.3 is 20.1 Å². The molecule has 0 aliphatic heterocycles. The lowest BCUT2D eigenvalue weighted by atomic mass is 9.82. The number of hydrogen-bond donors (Lipinski definition) is 3. The van der Waals surface area contributed by atoms with Crippen LogP contribution in [0.25, 0.3) is 11.0 Å². The zero-order valence-corrected chi connectivity index (χ0v) is 20.4. The summed E-state index contributed by atoms with van der Waals surface area (Å²) in [6.07, 6.45) is -8.38. The Bertz CT molecular complexity index is 1320. The van der Waals surface area contributed by atoms with E-state index in [2.05, 4.69) is 15.3 Å². The highest BCUT2D eigenvalue weighted by atomic mass is 19.4. The summed E-state index contributed by atoms with van der Waals surface area (Å²) < 4.78 is 87.1. The zero-order valence-electron chi connectivity index (χ0n) is 20.4. The smallest absolute Gasteiger partial charge is 0.408 e. The van der Waals surface area contributed by atoms with Gasteiger partial charge in [0, 0.05) is 18.4 Å². The number of alkyl halides is 5. The number of carboxylic acids is 1. The second kappa shape index (κ2) is 11.1. The van der Waals surface area contributed by atoms with E-state index in [0.717, 1.165) is 6.07 Å². The molecule has 39 heavy (non-hydrogen) atoms.